The number of hydrogen-bond acceptors (Lipinski definition) is 5. The minimum atomic E-state index is -0.562. The molecule has 0 spiro atoms. The molecule has 1 aromatic heterocycles. The van der Waals surface area contributed by atoms with Crippen LogP contribution in [-0.4, -0.2) is 41.1 Å². The molecule has 1 atom stereocenters. The van der Waals surface area contributed by atoms with Crippen LogP contribution in [0.1, 0.15) is 47.9 Å². The second-order valence-electron chi connectivity index (χ2n) is 6.12. The average molecular weight is 347 g/mol. The number of halogens is 1. The Labute approximate surface area is 145 Å². The lowest BCUT2D eigenvalue weighted by Gasteiger charge is -2.22. The van der Waals surface area contributed by atoms with E-state index < -0.39 is 17.8 Å². The Bertz CT molecular complexity index is 742. The maximum absolute atomic E-state index is 14.1. The molecule has 0 bridgehead atoms. The first-order chi connectivity index (χ1) is 12.1. The number of rotatable bonds is 5. The normalized spacial score (nSPS) is 16.4. The molecule has 7 nitrogen and oxygen atoms in total. The second-order valence-corrected chi connectivity index (χ2v) is 6.12. The predicted molar refractivity (Wildman–Crippen MR) is 90.0 cm³/mol. The summed E-state index contributed by atoms with van der Waals surface area (Å²) in [4.78, 5) is 12.4. The van der Waals surface area contributed by atoms with Crippen LogP contribution in [-0.2, 0) is 0 Å². The zero-order valence-corrected chi connectivity index (χ0v) is 14.3. The lowest BCUT2D eigenvalue weighted by atomic mass is 10.1. The standard InChI is InChI=1S/C17H22FN5O2/c1-11(16-13(18)4-3-5-15(16)25-2)20-17(24)14-10-23(22-21-14)12-6-8-19-9-7-12/h3-5,10-12,19H,6-9H2,1-2H3,(H,20,24)/t11-/m0/s1. The number of carbonyl (C=O) groups is 1. The number of nitrogens with one attached hydrogen (secondary N) is 2. The molecule has 2 aromatic rings. The van der Waals surface area contributed by atoms with Crippen molar-refractivity contribution in [1.29, 1.82) is 0 Å². The highest BCUT2D eigenvalue weighted by atomic mass is 19.1. The fourth-order valence-corrected chi connectivity index (χ4v) is 3.09. The van der Waals surface area contributed by atoms with Crippen molar-refractivity contribution in [3.63, 3.8) is 0 Å². The molecule has 1 aromatic carbocycles. The van der Waals surface area contributed by atoms with Gasteiger partial charge in [-0.25, -0.2) is 9.07 Å². The molecule has 1 aliphatic heterocycles. The third kappa shape index (κ3) is 3.79. The largest absolute Gasteiger partial charge is 0.496 e. The molecule has 0 radical (unpaired) electrons. The van der Waals surface area contributed by atoms with Gasteiger partial charge in [-0.15, -0.1) is 5.10 Å². The summed E-state index contributed by atoms with van der Waals surface area (Å²) in [7, 11) is 1.47. The smallest absolute Gasteiger partial charge is 0.273 e. The van der Waals surface area contributed by atoms with E-state index in [1.54, 1.807) is 29.9 Å². The molecule has 25 heavy (non-hydrogen) atoms. The Hall–Kier alpha value is -2.48. The van der Waals surface area contributed by atoms with Crippen molar-refractivity contribution in [3.8, 4) is 5.75 Å². The van der Waals surface area contributed by atoms with E-state index in [1.807, 2.05) is 0 Å². The number of nitrogens with zero attached hydrogens (tertiary/aromatic N) is 3. The van der Waals surface area contributed by atoms with Gasteiger partial charge in [0.25, 0.3) is 5.91 Å². The van der Waals surface area contributed by atoms with Gasteiger partial charge >= 0.3 is 0 Å². The number of hydrogen-bond donors (Lipinski definition) is 2. The Morgan fingerprint density at radius 3 is 2.92 bits per heavy atom. The van der Waals surface area contributed by atoms with Crippen molar-refractivity contribution in [2.45, 2.75) is 31.8 Å². The van der Waals surface area contributed by atoms with Crippen molar-refractivity contribution in [2.75, 3.05) is 20.2 Å². The molecule has 8 heteroatoms. The van der Waals surface area contributed by atoms with Crippen LogP contribution < -0.4 is 15.4 Å². The van der Waals surface area contributed by atoms with E-state index in [-0.39, 0.29) is 11.7 Å². The zero-order chi connectivity index (χ0) is 17.8. The van der Waals surface area contributed by atoms with Crippen LogP contribution in [0.3, 0.4) is 0 Å². The van der Waals surface area contributed by atoms with Gasteiger partial charge in [0.15, 0.2) is 5.69 Å². The number of ether oxygens (including phenoxy) is 1. The first-order valence-electron chi connectivity index (χ1n) is 8.36. The van der Waals surface area contributed by atoms with Gasteiger partial charge in [0, 0.05) is 0 Å². The van der Waals surface area contributed by atoms with Gasteiger partial charge in [-0.05, 0) is 45.0 Å². The lowest BCUT2D eigenvalue weighted by molar-refractivity contribution is 0.0933. The monoisotopic (exact) mass is 347 g/mol. The van der Waals surface area contributed by atoms with E-state index in [9.17, 15) is 9.18 Å². The number of benzene rings is 1. The third-order valence-electron chi connectivity index (χ3n) is 4.44. The van der Waals surface area contributed by atoms with E-state index in [0.717, 1.165) is 25.9 Å². The molecule has 2 heterocycles. The van der Waals surface area contributed by atoms with E-state index >= 15 is 0 Å². The first kappa shape index (κ1) is 17.3. The van der Waals surface area contributed by atoms with E-state index in [0.29, 0.717) is 11.3 Å². The van der Waals surface area contributed by atoms with Crippen molar-refractivity contribution in [3.05, 3.63) is 41.5 Å². The molecule has 1 amide bonds. The van der Waals surface area contributed by atoms with Crippen LogP contribution in [0, 0.1) is 5.82 Å². The summed E-state index contributed by atoms with van der Waals surface area (Å²) >= 11 is 0. The van der Waals surface area contributed by atoms with Crippen molar-refractivity contribution < 1.29 is 13.9 Å². The number of aromatic nitrogens is 3. The Kier molecular flexibility index (Phi) is 5.28. The van der Waals surface area contributed by atoms with Crippen LogP contribution in [0.4, 0.5) is 4.39 Å². The van der Waals surface area contributed by atoms with Crippen LogP contribution >= 0.6 is 0 Å². The highest BCUT2D eigenvalue weighted by Crippen LogP contribution is 2.27. The van der Waals surface area contributed by atoms with Crippen LogP contribution in [0.15, 0.2) is 24.4 Å². The average Bonchev–Trinajstić information content (AvgIpc) is 3.12. The Balaban J connectivity index is 1.71. The maximum Gasteiger partial charge on any atom is 0.273 e. The molecule has 3 rings (SSSR count). The zero-order valence-electron chi connectivity index (χ0n) is 14.3. The summed E-state index contributed by atoms with van der Waals surface area (Å²) in [6, 6.07) is 4.26. The van der Waals surface area contributed by atoms with Gasteiger partial charge in [0.1, 0.15) is 11.6 Å². The SMILES string of the molecule is COc1cccc(F)c1[C@H](C)NC(=O)c1cn(C2CCNCC2)nn1. The molecule has 0 aliphatic carbocycles. The molecule has 2 N–H and O–H groups in total. The second kappa shape index (κ2) is 7.60. The topological polar surface area (TPSA) is 81.1 Å². The number of piperidine rings is 1. The minimum absolute atomic E-state index is 0.223. The minimum Gasteiger partial charge on any atom is -0.496 e. The molecular formula is C17H22FN5O2. The molecule has 0 saturated carbocycles. The van der Waals surface area contributed by atoms with E-state index in [1.165, 1.54) is 13.2 Å². The van der Waals surface area contributed by atoms with Crippen LogP contribution in [0.5, 0.6) is 5.75 Å². The molecule has 1 aliphatic rings. The first-order valence-corrected chi connectivity index (χ1v) is 8.36. The molecule has 1 saturated heterocycles. The quantitative estimate of drug-likeness (QED) is 0.863. The third-order valence-corrected chi connectivity index (χ3v) is 4.44. The summed E-state index contributed by atoms with van der Waals surface area (Å²) < 4.78 is 21.0. The number of carbonyl (C=O) groups excluding carboxylic acids is 1. The highest BCUT2D eigenvalue weighted by Gasteiger charge is 2.22. The number of methoxy groups -OCH3 is 1. The van der Waals surface area contributed by atoms with Crippen molar-refractivity contribution >= 4 is 5.91 Å². The van der Waals surface area contributed by atoms with Crippen molar-refractivity contribution in [2.24, 2.45) is 0 Å². The summed E-state index contributed by atoms with van der Waals surface area (Å²) in [5, 5.41) is 14.1. The molecule has 134 valence electrons. The van der Waals surface area contributed by atoms with Gasteiger partial charge < -0.3 is 15.4 Å². The van der Waals surface area contributed by atoms with Gasteiger partial charge in [0.05, 0.1) is 31.0 Å². The maximum atomic E-state index is 14.1. The Morgan fingerprint density at radius 2 is 2.20 bits per heavy atom. The van der Waals surface area contributed by atoms with Crippen LogP contribution in [0.25, 0.3) is 0 Å². The van der Waals surface area contributed by atoms with Crippen LogP contribution in [0.2, 0.25) is 0 Å². The number of amides is 1. The van der Waals surface area contributed by atoms with Gasteiger partial charge in [-0.1, -0.05) is 11.3 Å². The van der Waals surface area contributed by atoms with E-state index in [4.69, 9.17) is 4.74 Å². The van der Waals surface area contributed by atoms with Gasteiger partial charge in [-0.2, -0.15) is 0 Å². The lowest BCUT2D eigenvalue weighted by Crippen LogP contribution is -2.30. The predicted octanol–water partition coefficient (Wildman–Crippen LogP) is 1.84. The van der Waals surface area contributed by atoms with Crippen molar-refractivity contribution in [1.82, 2.24) is 25.6 Å². The Morgan fingerprint density at radius 1 is 1.44 bits per heavy atom. The highest BCUT2D eigenvalue weighted by molar-refractivity contribution is 5.92. The van der Waals surface area contributed by atoms with Gasteiger partial charge in [-0.3, -0.25) is 4.79 Å². The summed E-state index contributed by atoms with van der Waals surface area (Å²) in [5.74, 6) is -0.422. The molecule has 0 unspecified atom stereocenters. The summed E-state index contributed by atoms with van der Waals surface area (Å²) in [5.41, 5.74) is 0.532. The fourth-order valence-electron chi connectivity index (χ4n) is 3.09. The summed E-state index contributed by atoms with van der Waals surface area (Å²) in [6.07, 6.45) is 3.55. The molecular weight excluding hydrogens is 325 g/mol. The summed E-state index contributed by atoms with van der Waals surface area (Å²) in [6.45, 7) is 3.56. The fraction of sp³-hybridized carbons (Fsp3) is 0.471. The molecule has 1 fully saturated rings. The van der Waals surface area contributed by atoms with E-state index in [2.05, 4.69) is 20.9 Å². The van der Waals surface area contributed by atoms with Gasteiger partial charge in [0.2, 0.25) is 0 Å².